The maximum atomic E-state index is 13.1. The summed E-state index contributed by atoms with van der Waals surface area (Å²) >= 11 is 0. The fourth-order valence-electron chi connectivity index (χ4n) is 3.26. The number of nitrogens with zero attached hydrogens (tertiary/aromatic N) is 1. The number of hydrogen-bond donors (Lipinski definition) is 1. The summed E-state index contributed by atoms with van der Waals surface area (Å²) in [6.07, 6.45) is 5.08. The average molecular weight is 276 g/mol. The zero-order valence-corrected chi connectivity index (χ0v) is 12.4. The lowest BCUT2D eigenvalue weighted by Crippen LogP contribution is -2.39. The molecule has 110 valence electrons. The van der Waals surface area contributed by atoms with Gasteiger partial charge >= 0.3 is 0 Å². The molecule has 2 nitrogen and oxygen atoms in total. The van der Waals surface area contributed by atoms with E-state index < -0.39 is 0 Å². The third-order valence-corrected chi connectivity index (χ3v) is 4.71. The Balaban J connectivity index is 1.56. The lowest BCUT2D eigenvalue weighted by molar-refractivity contribution is 0.261. The third kappa shape index (κ3) is 3.58. The Bertz CT molecular complexity index is 456. The van der Waals surface area contributed by atoms with Crippen LogP contribution in [0.4, 0.5) is 4.39 Å². The molecular weight excluding hydrogens is 251 g/mol. The highest BCUT2D eigenvalue weighted by Gasteiger charge is 2.32. The predicted octanol–water partition coefficient (Wildman–Crippen LogP) is 2.75. The Morgan fingerprint density at radius 3 is 2.95 bits per heavy atom. The molecule has 1 atom stereocenters. The molecule has 1 aromatic carbocycles. The molecule has 3 heteroatoms. The van der Waals surface area contributed by atoms with E-state index in [2.05, 4.69) is 10.2 Å². The Labute approximate surface area is 121 Å². The highest BCUT2D eigenvalue weighted by molar-refractivity contribution is 5.26. The topological polar surface area (TPSA) is 15.3 Å². The molecule has 0 bridgehead atoms. The molecule has 20 heavy (non-hydrogen) atoms. The van der Waals surface area contributed by atoms with E-state index in [4.69, 9.17) is 0 Å². The zero-order valence-electron chi connectivity index (χ0n) is 12.4. The van der Waals surface area contributed by atoms with Crippen molar-refractivity contribution in [3.8, 4) is 0 Å². The van der Waals surface area contributed by atoms with Crippen LogP contribution in [0.1, 0.15) is 30.4 Å². The van der Waals surface area contributed by atoms with Crippen molar-refractivity contribution in [3.05, 3.63) is 35.1 Å². The first-order valence-electron chi connectivity index (χ1n) is 7.93. The number of halogens is 1. The van der Waals surface area contributed by atoms with Gasteiger partial charge in [-0.25, -0.2) is 4.39 Å². The fourth-order valence-corrected chi connectivity index (χ4v) is 3.26. The molecular formula is C17H25FN2. The number of benzene rings is 1. The smallest absolute Gasteiger partial charge is 0.123 e. The van der Waals surface area contributed by atoms with Crippen LogP contribution in [0, 0.1) is 18.7 Å². The monoisotopic (exact) mass is 276 g/mol. The van der Waals surface area contributed by atoms with Gasteiger partial charge in [-0.2, -0.15) is 0 Å². The molecule has 1 aliphatic heterocycles. The second kappa shape index (κ2) is 6.23. The van der Waals surface area contributed by atoms with Crippen LogP contribution in [0.25, 0.3) is 0 Å². The molecule has 0 aromatic heterocycles. The van der Waals surface area contributed by atoms with Gasteiger partial charge in [0.1, 0.15) is 5.82 Å². The van der Waals surface area contributed by atoms with Crippen LogP contribution in [-0.2, 0) is 6.42 Å². The van der Waals surface area contributed by atoms with Gasteiger partial charge in [0.15, 0.2) is 0 Å². The minimum absolute atomic E-state index is 0.126. The van der Waals surface area contributed by atoms with Crippen LogP contribution in [0.2, 0.25) is 0 Å². The van der Waals surface area contributed by atoms with Crippen molar-refractivity contribution < 1.29 is 4.39 Å². The highest BCUT2D eigenvalue weighted by Crippen LogP contribution is 2.33. The van der Waals surface area contributed by atoms with Crippen LogP contribution < -0.4 is 5.32 Å². The van der Waals surface area contributed by atoms with Gasteiger partial charge in [-0.3, -0.25) is 0 Å². The van der Waals surface area contributed by atoms with Gasteiger partial charge in [-0.15, -0.1) is 0 Å². The van der Waals surface area contributed by atoms with Crippen molar-refractivity contribution in [2.75, 3.05) is 26.2 Å². The Morgan fingerprint density at radius 1 is 1.35 bits per heavy atom. The molecule has 2 fully saturated rings. The van der Waals surface area contributed by atoms with E-state index in [0.717, 1.165) is 31.0 Å². The molecule has 1 aliphatic carbocycles. The minimum Gasteiger partial charge on any atom is -0.312 e. The summed E-state index contributed by atoms with van der Waals surface area (Å²) in [7, 11) is 0. The number of nitrogens with one attached hydrogen (secondary N) is 1. The van der Waals surface area contributed by atoms with E-state index in [1.54, 1.807) is 12.1 Å². The van der Waals surface area contributed by atoms with Gasteiger partial charge in [0, 0.05) is 19.1 Å². The van der Waals surface area contributed by atoms with Crippen LogP contribution in [-0.4, -0.2) is 37.1 Å². The van der Waals surface area contributed by atoms with Gasteiger partial charge < -0.3 is 10.2 Å². The lowest BCUT2D eigenvalue weighted by Gasteiger charge is -2.24. The second-order valence-corrected chi connectivity index (χ2v) is 6.37. The van der Waals surface area contributed by atoms with Crippen LogP contribution >= 0.6 is 0 Å². The van der Waals surface area contributed by atoms with Crippen molar-refractivity contribution >= 4 is 0 Å². The van der Waals surface area contributed by atoms with Crippen LogP contribution in [0.5, 0.6) is 0 Å². The van der Waals surface area contributed by atoms with Gasteiger partial charge in [-0.05, 0) is 74.9 Å². The van der Waals surface area contributed by atoms with Crippen molar-refractivity contribution in [2.24, 2.45) is 5.92 Å². The fraction of sp³-hybridized carbons (Fsp3) is 0.647. The Hall–Kier alpha value is -0.930. The third-order valence-electron chi connectivity index (χ3n) is 4.71. The van der Waals surface area contributed by atoms with Crippen molar-refractivity contribution in [1.29, 1.82) is 0 Å². The first-order chi connectivity index (χ1) is 9.72. The molecule has 1 heterocycles. The van der Waals surface area contributed by atoms with E-state index in [1.807, 2.05) is 13.0 Å². The summed E-state index contributed by atoms with van der Waals surface area (Å²) in [5.41, 5.74) is 2.36. The predicted molar refractivity (Wildman–Crippen MR) is 80.4 cm³/mol. The Morgan fingerprint density at radius 2 is 2.20 bits per heavy atom. The van der Waals surface area contributed by atoms with Gasteiger partial charge in [-0.1, -0.05) is 6.07 Å². The molecule has 0 amide bonds. The second-order valence-electron chi connectivity index (χ2n) is 6.37. The molecule has 0 radical (unpaired) electrons. The summed E-state index contributed by atoms with van der Waals surface area (Å²) in [4.78, 5) is 2.59. The first kappa shape index (κ1) is 14.0. The standard InChI is InChI=1S/C17H25FN2/c1-13-11-16(18)6-5-14(13)7-10-20-9-2-8-19-17(12-20)15-3-4-15/h5-6,11,15,17,19H,2-4,7-10,12H2,1H3. The van der Waals surface area contributed by atoms with E-state index in [0.29, 0.717) is 6.04 Å². The largest absolute Gasteiger partial charge is 0.312 e. The van der Waals surface area contributed by atoms with E-state index in [-0.39, 0.29) is 5.82 Å². The van der Waals surface area contributed by atoms with Gasteiger partial charge in [0.2, 0.25) is 0 Å². The number of aryl methyl sites for hydroxylation is 1. The summed E-state index contributed by atoms with van der Waals surface area (Å²) in [5, 5.41) is 3.70. The molecule has 1 unspecified atom stereocenters. The Kier molecular flexibility index (Phi) is 4.37. The number of rotatable bonds is 4. The van der Waals surface area contributed by atoms with E-state index >= 15 is 0 Å². The molecule has 2 aliphatic rings. The summed E-state index contributed by atoms with van der Waals surface area (Å²) in [6, 6.07) is 5.87. The SMILES string of the molecule is Cc1cc(F)ccc1CCN1CCCNC(C2CC2)C1. The molecule has 1 aromatic rings. The summed E-state index contributed by atoms with van der Waals surface area (Å²) < 4.78 is 13.1. The highest BCUT2D eigenvalue weighted by atomic mass is 19.1. The first-order valence-corrected chi connectivity index (χ1v) is 7.93. The van der Waals surface area contributed by atoms with Crippen LogP contribution in [0.15, 0.2) is 18.2 Å². The molecule has 0 spiro atoms. The maximum Gasteiger partial charge on any atom is 0.123 e. The maximum absolute atomic E-state index is 13.1. The van der Waals surface area contributed by atoms with E-state index in [1.165, 1.54) is 37.9 Å². The quantitative estimate of drug-likeness (QED) is 0.909. The number of hydrogen-bond acceptors (Lipinski definition) is 2. The molecule has 1 N–H and O–H groups in total. The average Bonchev–Trinajstić information content (AvgIpc) is 3.24. The van der Waals surface area contributed by atoms with Crippen molar-refractivity contribution in [1.82, 2.24) is 10.2 Å². The lowest BCUT2D eigenvalue weighted by atomic mass is 10.1. The zero-order chi connectivity index (χ0) is 13.9. The van der Waals surface area contributed by atoms with Crippen molar-refractivity contribution in [3.63, 3.8) is 0 Å². The van der Waals surface area contributed by atoms with Crippen LogP contribution in [0.3, 0.4) is 0 Å². The minimum atomic E-state index is -0.126. The van der Waals surface area contributed by atoms with E-state index in [9.17, 15) is 4.39 Å². The van der Waals surface area contributed by atoms with Gasteiger partial charge in [0.05, 0.1) is 0 Å². The summed E-state index contributed by atoms with van der Waals surface area (Å²) in [5.74, 6) is 0.794. The normalized spacial score (nSPS) is 24.6. The van der Waals surface area contributed by atoms with Crippen molar-refractivity contribution in [2.45, 2.75) is 38.6 Å². The molecule has 1 saturated carbocycles. The molecule has 3 rings (SSSR count). The van der Waals surface area contributed by atoms with Gasteiger partial charge in [0.25, 0.3) is 0 Å². The molecule has 1 saturated heterocycles. The summed E-state index contributed by atoms with van der Waals surface area (Å²) in [6.45, 7) is 6.64.